The first-order valence-corrected chi connectivity index (χ1v) is 10.9. The summed E-state index contributed by atoms with van der Waals surface area (Å²) in [7, 11) is -1.08. The van der Waals surface area contributed by atoms with Gasteiger partial charge in [0.05, 0.1) is 13.7 Å². The molecule has 0 aromatic heterocycles. The monoisotopic (exact) mass is 502 g/mol. The van der Waals surface area contributed by atoms with Crippen molar-refractivity contribution >= 4 is 44.2 Å². The second-order valence-corrected chi connectivity index (χ2v) is 9.64. The maximum absolute atomic E-state index is 13.0. The largest absolute Gasteiger partial charge is 0.495 e. The van der Waals surface area contributed by atoms with Crippen molar-refractivity contribution in [1.29, 1.82) is 0 Å². The predicted molar refractivity (Wildman–Crippen MR) is 115 cm³/mol. The Labute approximate surface area is 174 Å². The van der Waals surface area contributed by atoms with Crippen LogP contribution in [-0.2, 0) is 14.8 Å². The SMILES string of the molecule is COc1ccc(C(C)C)cc1S(=O)(=O)N(C)CC(=O)Nc1ccc(I)cc1. The Morgan fingerprint density at radius 1 is 1.19 bits per heavy atom. The van der Waals surface area contributed by atoms with Crippen LogP contribution >= 0.6 is 22.6 Å². The van der Waals surface area contributed by atoms with Crippen molar-refractivity contribution in [3.8, 4) is 5.75 Å². The molecular formula is C19H23IN2O4S. The number of benzene rings is 2. The standard InChI is InChI=1S/C19H23IN2O4S/c1-13(2)14-5-10-17(26-4)18(11-14)27(24,25)22(3)12-19(23)21-16-8-6-15(20)7-9-16/h5-11,13H,12H2,1-4H3,(H,21,23). The van der Waals surface area contributed by atoms with Gasteiger partial charge in [-0.1, -0.05) is 19.9 Å². The molecule has 0 heterocycles. The number of nitrogens with zero attached hydrogens (tertiary/aromatic N) is 1. The molecule has 6 nitrogen and oxygen atoms in total. The summed E-state index contributed by atoms with van der Waals surface area (Å²) in [4.78, 5) is 12.3. The van der Waals surface area contributed by atoms with Crippen LogP contribution < -0.4 is 10.1 Å². The zero-order chi connectivity index (χ0) is 20.2. The van der Waals surface area contributed by atoms with E-state index in [1.54, 1.807) is 24.3 Å². The van der Waals surface area contributed by atoms with Crippen molar-refractivity contribution in [2.75, 3.05) is 26.0 Å². The van der Waals surface area contributed by atoms with E-state index in [2.05, 4.69) is 27.9 Å². The summed E-state index contributed by atoms with van der Waals surface area (Å²) < 4.78 is 33.3. The van der Waals surface area contributed by atoms with E-state index >= 15 is 0 Å². The number of methoxy groups -OCH3 is 1. The van der Waals surface area contributed by atoms with Crippen LogP contribution in [-0.4, -0.2) is 39.3 Å². The van der Waals surface area contributed by atoms with Crippen LogP contribution in [0.4, 0.5) is 5.69 Å². The number of nitrogens with one attached hydrogen (secondary N) is 1. The van der Waals surface area contributed by atoms with Gasteiger partial charge in [0.15, 0.2) is 0 Å². The smallest absolute Gasteiger partial charge is 0.246 e. The highest BCUT2D eigenvalue weighted by Gasteiger charge is 2.27. The first-order valence-electron chi connectivity index (χ1n) is 8.35. The molecule has 0 aliphatic rings. The lowest BCUT2D eigenvalue weighted by Gasteiger charge is -2.20. The summed E-state index contributed by atoms with van der Waals surface area (Å²) in [6.07, 6.45) is 0. The Bertz CT molecular complexity index is 912. The number of amides is 1. The topological polar surface area (TPSA) is 75.7 Å². The molecule has 0 aliphatic carbocycles. The van der Waals surface area contributed by atoms with Gasteiger partial charge in [0, 0.05) is 16.3 Å². The number of halogens is 1. The van der Waals surface area contributed by atoms with Gasteiger partial charge in [-0.2, -0.15) is 4.31 Å². The van der Waals surface area contributed by atoms with Crippen LogP contribution in [0.1, 0.15) is 25.3 Å². The van der Waals surface area contributed by atoms with Crippen LogP contribution in [0.5, 0.6) is 5.75 Å². The van der Waals surface area contributed by atoms with Crippen LogP contribution in [0.15, 0.2) is 47.4 Å². The highest BCUT2D eigenvalue weighted by atomic mass is 127. The maximum atomic E-state index is 13.0. The molecule has 8 heteroatoms. The van der Waals surface area contributed by atoms with E-state index in [4.69, 9.17) is 4.74 Å². The number of rotatable bonds is 7. The molecule has 1 N–H and O–H groups in total. The fraction of sp³-hybridized carbons (Fsp3) is 0.316. The van der Waals surface area contributed by atoms with Gasteiger partial charge in [0.25, 0.3) is 0 Å². The minimum atomic E-state index is -3.89. The minimum absolute atomic E-state index is 0.0563. The lowest BCUT2D eigenvalue weighted by Crippen LogP contribution is -2.35. The minimum Gasteiger partial charge on any atom is -0.495 e. The molecule has 146 valence electrons. The molecule has 0 bridgehead atoms. The number of anilines is 1. The Hall–Kier alpha value is -1.65. The normalized spacial score (nSPS) is 11.7. The van der Waals surface area contributed by atoms with Crippen molar-refractivity contribution in [1.82, 2.24) is 4.31 Å². The average Bonchev–Trinajstić information content (AvgIpc) is 2.62. The van der Waals surface area contributed by atoms with E-state index < -0.39 is 15.9 Å². The van der Waals surface area contributed by atoms with Crippen molar-refractivity contribution in [3.63, 3.8) is 0 Å². The summed E-state index contributed by atoms with van der Waals surface area (Å²) in [5.74, 6) is 0.00453. The second kappa shape index (κ2) is 9.03. The average molecular weight is 502 g/mol. The van der Waals surface area contributed by atoms with Crippen molar-refractivity contribution in [3.05, 3.63) is 51.6 Å². The molecule has 0 spiro atoms. The molecule has 2 aromatic rings. The molecule has 0 aliphatic heterocycles. The molecule has 2 aromatic carbocycles. The van der Waals surface area contributed by atoms with Gasteiger partial charge in [0.1, 0.15) is 10.6 Å². The Morgan fingerprint density at radius 3 is 2.37 bits per heavy atom. The molecule has 0 fully saturated rings. The molecule has 0 saturated carbocycles. The van der Waals surface area contributed by atoms with E-state index in [-0.39, 0.29) is 23.1 Å². The van der Waals surface area contributed by atoms with E-state index in [0.29, 0.717) is 5.69 Å². The number of carbonyl (C=O) groups is 1. The zero-order valence-electron chi connectivity index (χ0n) is 15.7. The molecule has 2 rings (SSSR count). The molecule has 0 saturated heterocycles. The number of hydrogen-bond donors (Lipinski definition) is 1. The first-order chi connectivity index (χ1) is 12.6. The van der Waals surface area contributed by atoms with Crippen molar-refractivity contribution < 1.29 is 17.9 Å². The number of carbonyl (C=O) groups excluding carboxylic acids is 1. The maximum Gasteiger partial charge on any atom is 0.246 e. The Balaban J connectivity index is 2.21. The molecule has 0 atom stereocenters. The second-order valence-electron chi connectivity index (χ2n) is 6.38. The third-order valence-corrected chi connectivity index (χ3v) is 6.58. The van der Waals surface area contributed by atoms with Crippen LogP contribution in [0.3, 0.4) is 0 Å². The highest BCUT2D eigenvalue weighted by Crippen LogP contribution is 2.29. The van der Waals surface area contributed by atoms with E-state index in [1.807, 2.05) is 32.0 Å². The Morgan fingerprint density at radius 2 is 1.81 bits per heavy atom. The zero-order valence-corrected chi connectivity index (χ0v) is 18.7. The van der Waals surface area contributed by atoms with Crippen LogP contribution in [0.2, 0.25) is 0 Å². The summed E-state index contributed by atoms with van der Waals surface area (Å²) in [6.45, 7) is 3.66. The van der Waals surface area contributed by atoms with Crippen LogP contribution in [0, 0.1) is 3.57 Å². The molecule has 0 radical (unpaired) electrons. The van der Waals surface area contributed by atoms with Gasteiger partial charge in [0.2, 0.25) is 15.9 Å². The molecular weight excluding hydrogens is 479 g/mol. The summed E-state index contributed by atoms with van der Waals surface area (Å²) >= 11 is 2.17. The van der Waals surface area contributed by atoms with Gasteiger partial charge in [-0.05, 0) is 70.5 Å². The van der Waals surface area contributed by atoms with Gasteiger partial charge < -0.3 is 10.1 Å². The van der Waals surface area contributed by atoms with Crippen molar-refractivity contribution in [2.24, 2.45) is 0 Å². The van der Waals surface area contributed by atoms with E-state index in [9.17, 15) is 13.2 Å². The lowest BCUT2D eigenvalue weighted by molar-refractivity contribution is -0.116. The number of hydrogen-bond acceptors (Lipinski definition) is 4. The fourth-order valence-corrected chi connectivity index (χ4v) is 4.12. The summed E-state index contributed by atoms with van der Waals surface area (Å²) in [6, 6.07) is 12.3. The van der Waals surface area contributed by atoms with E-state index in [0.717, 1.165) is 13.4 Å². The highest BCUT2D eigenvalue weighted by molar-refractivity contribution is 14.1. The fourth-order valence-electron chi connectivity index (χ4n) is 2.44. The number of sulfonamides is 1. The predicted octanol–water partition coefficient (Wildman–Crippen LogP) is 3.68. The third-order valence-electron chi connectivity index (χ3n) is 4.04. The van der Waals surface area contributed by atoms with Gasteiger partial charge in [-0.25, -0.2) is 8.42 Å². The molecule has 0 unspecified atom stereocenters. The first kappa shape index (κ1) is 21.6. The third kappa shape index (κ3) is 5.43. The summed E-state index contributed by atoms with van der Waals surface area (Å²) in [5.41, 5.74) is 1.50. The van der Waals surface area contributed by atoms with Gasteiger partial charge >= 0.3 is 0 Å². The summed E-state index contributed by atoms with van der Waals surface area (Å²) in [5, 5.41) is 2.70. The van der Waals surface area contributed by atoms with Gasteiger partial charge in [-0.15, -0.1) is 0 Å². The number of likely N-dealkylation sites (N-methyl/N-ethyl adjacent to an activating group) is 1. The quantitative estimate of drug-likeness (QED) is 0.587. The van der Waals surface area contributed by atoms with Crippen molar-refractivity contribution in [2.45, 2.75) is 24.7 Å². The van der Waals surface area contributed by atoms with E-state index in [1.165, 1.54) is 14.2 Å². The lowest BCUT2D eigenvalue weighted by atomic mass is 10.0. The number of ether oxygens (including phenoxy) is 1. The Kier molecular flexibility index (Phi) is 7.24. The molecule has 1 amide bonds. The molecule has 27 heavy (non-hydrogen) atoms. The van der Waals surface area contributed by atoms with Crippen LogP contribution in [0.25, 0.3) is 0 Å². The van der Waals surface area contributed by atoms with Gasteiger partial charge in [-0.3, -0.25) is 4.79 Å².